The zero-order chi connectivity index (χ0) is 72.7. The molecule has 0 amide bonds. The molecule has 0 aliphatic rings. The number of phosphoric acid groups is 2. The van der Waals surface area contributed by atoms with Crippen molar-refractivity contribution in [2.24, 2.45) is 5.92 Å². The summed E-state index contributed by atoms with van der Waals surface area (Å²) in [6.07, 6.45) is 63.9. The molecule has 0 saturated heterocycles. The molecule has 19 heteroatoms. The van der Waals surface area contributed by atoms with Gasteiger partial charge in [0, 0.05) is 25.7 Å². The number of hydrogen-bond donors (Lipinski definition) is 3. The molecular weight excluding hydrogens is 1290 g/mol. The molecular formula is C80H156O17P2. The number of esters is 4. The first-order valence-electron chi connectivity index (χ1n) is 41.7. The van der Waals surface area contributed by atoms with E-state index in [1.165, 1.54) is 244 Å². The Morgan fingerprint density at radius 3 is 0.717 bits per heavy atom. The van der Waals surface area contributed by atoms with E-state index in [0.29, 0.717) is 25.7 Å². The Kier molecular flexibility index (Phi) is 71.6. The summed E-state index contributed by atoms with van der Waals surface area (Å²) in [5.41, 5.74) is 0. The summed E-state index contributed by atoms with van der Waals surface area (Å²) in [6.45, 7) is 7.28. The fourth-order valence-electron chi connectivity index (χ4n) is 12.4. The number of carbonyl (C=O) groups excluding carboxylic acids is 4. The summed E-state index contributed by atoms with van der Waals surface area (Å²) in [6, 6.07) is 0. The Hall–Kier alpha value is -1.94. The molecule has 0 radical (unpaired) electrons. The third-order valence-electron chi connectivity index (χ3n) is 19.1. The predicted molar refractivity (Wildman–Crippen MR) is 405 cm³/mol. The first-order valence-corrected chi connectivity index (χ1v) is 44.7. The molecule has 0 aliphatic carbocycles. The number of carbonyl (C=O) groups is 4. The van der Waals surface area contributed by atoms with Crippen LogP contribution < -0.4 is 0 Å². The lowest BCUT2D eigenvalue weighted by molar-refractivity contribution is -0.161. The first kappa shape index (κ1) is 97.1. The summed E-state index contributed by atoms with van der Waals surface area (Å²) in [4.78, 5) is 72.9. The lowest BCUT2D eigenvalue weighted by Gasteiger charge is -2.21. The molecule has 0 fully saturated rings. The highest BCUT2D eigenvalue weighted by atomic mass is 31.2. The highest BCUT2D eigenvalue weighted by Crippen LogP contribution is 2.45. The Balaban J connectivity index is 5.20. The molecule has 0 bridgehead atoms. The van der Waals surface area contributed by atoms with Gasteiger partial charge in [0.25, 0.3) is 0 Å². The molecule has 0 heterocycles. The van der Waals surface area contributed by atoms with Gasteiger partial charge in [-0.15, -0.1) is 0 Å². The van der Waals surface area contributed by atoms with Crippen LogP contribution in [0.2, 0.25) is 0 Å². The smallest absolute Gasteiger partial charge is 0.462 e. The van der Waals surface area contributed by atoms with Crippen LogP contribution in [0.3, 0.4) is 0 Å². The van der Waals surface area contributed by atoms with Crippen LogP contribution in [0.1, 0.15) is 426 Å². The second-order valence-corrected chi connectivity index (χ2v) is 32.0. The molecule has 0 aromatic rings. The standard InChI is InChI=1S/C80H156O17P2/c1-6-10-13-16-19-22-25-28-30-31-32-33-34-35-36-38-40-43-46-49-56-61-66-80(85)96-75(69-90-77(82)63-58-53-47-44-42-39-37-29-26-23-20-17-14-11-7-2)71-94-98(86,87)92-67-74(81)68-93-99(88,89)95-72-76(70-91-78(83)64-59-54-51-50-52-57-62-73(5)9-4)97-79(84)65-60-55-48-45-41-27-24-21-18-15-12-8-3/h73-76,81H,6-72H2,1-5H3,(H,86,87)(H,88,89)/t73?,74-,75-,76-/m1/s1. The lowest BCUT2D eigenvalue weighted by Crippen LogP contribution is -2.30. The van der Waals surface area contributed by atoms with E-state index in [0.717, 1.165) is 102 Å². The van der Waals surface area contributed by atoms with Crippen LogP contribution in [0.4, 0.5) is 0 Å². The highest BCUT2D eigenvalue weighted by molar-refractivity contribution is 7.47. The minimum Gasteiger partial charge on any atom is -0.462 e. The minimum atomic E-state index is -4.96. The van der Waals surface area contributed by atoms with E-state index in [9.17, 15) is 43.2 Å². The summed E-state index contributed by atoms with van der Waals surface area (Å²) in [7, 11) is -9.91. The summed E-state index contributed by atoms with van der Waals surface area (Å²) in [5.74, 6) is -1.38. The molecule has 0 aliphatic heterocycles. The molecule has 6 atom stereocenters. The van der Waals surface area contributed by atoms with Crippen LogP contribution in [0.15, 0.2) is 0 Å². The van der Waals surface area contributed by atoms with Gasteiger partial charge in [0.2, 0.25) is 0 Å². The van der Waals surface area contributed by atoms with Gasteiger partial charge in [-0.2, -0.15) is 0 Å². The number of hydrogen-bond acceptors (Lipinski definition) is 15. The van der Waals surface area contributed by atoms with Crippen LogP contribution in [-0.2, 0) is 65.4 Å². The Bertz CT molecular complexity index is 1890. The van der Waals surface area contributed by atoms with Gasteiger partial charge in [-0.1, -0.05) is 375 Å². The van der Waals surface area contributed by atoms with Crippen molar-refractivity contribution in [2.75, 3.05) is 39.6 Å². The van der Waals surface area contributed by atoms with Crippen molar-refractivity contribution >= 4 is 39.5 Å². The zero-order valence-corrected chi connectivity index (χ0v) is 66.4. The number of unbranched alkanes of at least 4 members (excludes halogenated alkanes) is 51. The van der Waals surface area contributed by atoms with Crippen molar-refractivity contribution in [3.63, 3.8) is 0 Å². The topological polar surface area (TPSA) is 237 Å². The third kappa shape index (κ3) is 72.8. The monoisotopic (exact) mass is 1450 g/mol. The Morgan fingerprint density at radius 1 is 0.283 bits per heavy atom. The molecule has 588 valence electrons. The highest BCUT2D eigenvalue weighted by Gasteiger charge is 2.30. The maximum atomic E-state index is 13.1. The van der Waals surface area contributed by atoms with Crippen molar-refractivity contribution in [1.82, 2.24) is 0 Å². The molecule has 17 nitrogen and oxygen atoms in total. The fourth-order valence-corrected chi connectivity index (χ4v) is 14.0. The van der Waals surface area contributed by atoms with Crippen molar-refractivity contribution < 1.29 is 80.2 Å². The second-order valence-electron chi connectivity index (χ2n) is 29.1. The predicted octanol–water partition coefficient (Wildman–Crippen LogP) is 24.0. The van der Waals surface area contributed by atoms with Crippen molar-refractivity contribution in [2.45, 2.75) is 445 Å². The molecule has 3 unspecified atom stereocenters. The van der Waals surface area contributed by atoms with Crippen LogP contribution >= 0.6 is 15.6 Å². The van der Waals surface area contributed by atoms with Gasteiger partial charge in [-0.05, 0) is 31.6 Å². The number of phosphoric ester groups is 2. The molecule has 0 aromatic carbocycles. The summed E-state index contributed by atoms with van der Waals surface area (Å²) >= 11 is 0. The average Bonchev–Trinajstić information content (AvgIpc) is 1.16. The molecule has 99 heavy (non-hydrogen) atoms. The van der Waals surface area contributed by atoms with Crippen molar-refractivity contribution in [1.29, 1.82) is 0 Å². The normalized spacial score (nSPS) is 14.1. The third-order valence-corrected chi connectivity index (χ3v) is 21.0. The molecule has 0 saturated carbocycles. The molecule has 0 aromatic heterocycles. The number of rotatable bonds is 80. The van der Waals surface area contributed by atoms with Gasteiger partial charge in [0.1, 0.15) is 19.3 Å². The number of aliphatic hydroxyl groups is 1. The van der Waals surface area contributed by atoms with E-state index in [-0.39, 0.29) is 25.7 Å². The van der Waals surface area contributed by atoms with Crippen LogP contribution in [0.25, 0.3) is 0 Å². The number of aliphatic hydroxyl groups excluding tert-OH is 1. The van der Waals surface area contributed by atoms with Gasteiger partial charge >= 0.3 is 39.5 Å². The maximum Gasteiger partial charge on any atom is 0.472 e. The first-order chi connectivity index (χ1) is 48.1. The lowest BCUT2D eigenvalue weighted by atomic mass is 10.00. The van der Waals surface area contributed by atoms with E-state index in [4.69, 9.17) is 37.0 Å². The molecule has 0 rings (SSSR count). The van der Waals surface area contributed by atoms with Gasteiger partial charge < -0.3 is 33.8 Å². The average molecular weight is 1450 g/mol. The van der Waals surface area contributed by atoms with E-state index >= 15 is 0 Å². The Labute approximate surface area is 607 Å². The van der Waals surface area contributed by atoms with Crippen LogP contribution in [0, 0.1) is 5.92 Å². The minimum absolute atomic E-state index is 0.107. The van der Waals surface area contributed by atoms with E-state index in [2.05, 4.69) is 34.6 Å². The zero-order valence-electron chi connectivity index (χ0n) is 64.6. The van der Waals surface area contributed by atoms with Gasteiger partial charge in [-0.25, -0.2) is 9.13 Å². The SMILES string of the molecule is CCCCCCCCCCCCCCCCCCCCCCCCC(=O)O[C@H](COC(=O)CCCCCCCCCCCCCCCCC)COP(=O)(O)OC[C@@H](O)COP(=O)(O)OC[C@@H](COC(=O)CCCCCCCCC(C)CC)OC(=O)CCCCCCCCCCCCCC. The quantitative estimate of drug-likeness (QED) is 0.0222. The van der Waals surface area contributed by atoms with E-state index in [1.54, 1.807) is 0 Å². The Morgan fingerprint density at radius 2 is 0.485 bits per heavy atom. The van der Waals surface area contributed by atoms with Crippen molar-refractivity contribution in [3.8, 4) is 0 Å². The molecule has 0 spiro atoms. The largest absolute Gasteiger partial charge is 0.472 e. The van der Waals surface area contributed by atoms with Crippen LogP contribution in [0.5, 0.6) is 0 Å². The van der Waals surface area contributed by atoms with Gasteiger partial charge in [0.05, 0.1) is 26.4 Å². The van der Waals surface area contributed by atoms with Crippen molar-refractivity contribution in [3.05, 3.63) is 0 Å². The number of ether oxygens (including phenoxy) is 4. The fraction of sp³-hybridized carbons (Fsp3) is 0.950. The van der Waals surface area contributed by atoms with E-state index in [1.807, 2.05) is 0 Å². The maximum absolute atomic E-state index is 13.1. The summed E-state index contributed by atoms with van der Waals surface area (Å²) < 4.78 is 68.6. The summed E-state index contributed by atoms with van der Waals surface area (Å²) in [5, 5.41) is 10.6. The second kappa shape index (κ2) is 73.0. The van der Waals surface area contributed by atoms with E-state index < -0.39 is 97.5 Å². The molecule has 3 N–H and O–H groups in total. The van der Waals surface area contributed by atoms with Crippen LogP contribution in [-0.4, -0.2) is 96.7 Å². The van der Waals surface area contributed by atoms with Gasteiger partial charge in [0.15, 0.2) is 12.2 Å². The van der Waals surface area contributed by atoms with Gasteiger partial charge in [-0.3, -0.25) is 37.3 Å².